The predicted molar refractivity (Wildman–Crippen MR) is 96.9 cm³/mol. The molecule has 29 heavy (non-hydrogen) atoms. The van der Waals surface area contributed by atoms with Crippen molar-refractivity contribution >= 4 is 17.4 Å². The molecule has 0 radical (unpaired) electrons. The Kier molecular flexibility index (Phi) is 5.62. The molecule has 0 unspecified atom stereocenters. The highest BCUT2D eigenvalue weighted by atomic mass is 19.4. The second kappa shape index (κ2) is 8.13. The fraction of sp³-hybridized carbons (Fsp3) is 0.158. The standard InChI is InChI=1S/C19H15F3N4O3/c1-12(27)13-3-2-4-15(7-13)29-9-18(28)25-16-8-14(19(20,21)22)5-6-17(16)26-11-23-10-24-26/h2-8,10-11H,9H2,1H3,(H,25,28). The van der Waals surface area contributed by atoms with E-state index in [-0.39, 0.29) is 22.9 Å². The van der Waals surface area contributed by atoms with Gasteiger partial charge in [-0.2, -0.15) is 18.3 Å². The number of carbonyl (C=O) groups excluding carboxylic acids is 2. The van der Waals surface area contributed by atoms with Gasteiger partial charge in [0.1, 0.15) is 18.4 Å². The van der Waals surface area contributed by atoms with Crippen LogP contribution in [0, 0.1) is 0 Å². The molecular weight excluding hydrogens is 389 g/mol. The number of hydrogen-bond acceptors (Lipinski definition) is 5. The van der Waals surface area contributed by atoms with Crippen molar-refractivity contribution in [3.05, 3.63) is 66.2 Å². The number of ether oxygens (including phenoxy) is 1. The molecule has 1 aromatic heterocycles. The fourth-order valence-electron chi connectivity index (χ4n) is 2.48. The van der Waals surface area contributed by atoms with Crippen molar-refractivity contribution in [1.82, 2.24) is 14.8 Å². The molecular formula is C19H15F3N4O3. The van der Waals surface area contributed by atoms with Crippen LogP contribution in [0.15, 0.2) is 55.1 Å². The van der Waals surface area contributed by atoms with Crippen molar-refractivity contribution < 1.29 is 27.5 Å². The smallest absolute Gasteiger partial charge is 0.416 e. The van der Waals surface area contributed by atoms with E-state index in [1.807, 2.05) is 0 Å². The maximum Gasteiger partial charge on any atom is 0.416 e. The molecule has 0 spiro atoms. The van der Waals surface area contributed by atoms with Gasteiger partial charge in [0.05, 0.1) is 16.9 Å². The van der Waals surface area contributed by atoms with E-state index in [0.29, 0.717) is 5.56 Å². The highest BCUT2D eigenvalue weighted by Crippen LogP contribution is 2.33. The largest absolute Gasteiger partial charge is 0.484 e. The van der Waals surface area contributed by atoms with Crippen LogP contribution >= 0.6 is 0 Å². The Morgan fingerprint density at radius 3 is 2.62 bits per heavy atom. The summed E-state index contributed by atoms with van der Waals surface area (Å²) >= 11 is 0. The van der Waals surface area contributed by atoms with Gasteiger partial charge >= 0.3 is 6.18 Å². The Hall–Kier alpha value is -3.69. The van der Waals surface area contributed by atoms with Crippen LogP contribution in [0.25, 0.3) is 5.69 Å². The summed E-state index contributed by atoms with van der Waals surface area (Å²) in [6, 6.07) is 9.11. The number of anilines is 1. The zero-order valence-corrected chi connectivity index (χ0v) is 15.1. The lowest BCUT2D eigenvalue weighted by Crippen LogP contribution is -2.22. The number of carbonyl (C=O) groups is 2. The third kappa shape index (κ3) is 4.98. The summed E-state index contributed by atoms with van der Waals surface area (Å²) < 4.78 is 45.7. The number of aromatic nitrogens is 3. The molecule has 10 heteroatoms. The van der Waals surface area contributed by atoms with Gasteiger partial charge in [-0.15, -0.1) is 0 Å². The van der Waals surface area contributed by atoms with Crippen molar-refractivity contribution in [2.24, 2.45) is 0 Å². The molecule has 1 amide bonds. The number of rotatable bonds is 6. The van der Waals surface area contributed by atoms with Gasteiger partial charge in [-0.1, -0.05) is 12.1 Å². The topological polar surface area (TPSA) is 86.1 Å². The normalized spacial score (nSPS) is 11.2. The molecule has 0 aliphatic rings. The number of amides is 1. The number of hydrogen-bond donors (Lipinski definition) is 1. The van der Waals surface area contributed by atoms with Crippen LogP contribution in [0.2, 0.25) is 0 Å². The van der Waals surface area contributed by atoms with E-state index in [9.17, 15) is 22.8 Å². The van der Waals surface area contributed by atoms with Gasteiger partial charge in [-0.3, -0.25) is 9.59 Å². The summed E-state index contributed by atoms with van der Waals surface area (Å²) in [7, 11) is 0. The lowest BCUT2D eigenvalue weighted by atomic mass is 10.1. The van der Waals surface area contributed by atoms with Gasteiger partial charge in [0.2, 0.25) is 0 Å². The second-order valence-corrected chi connectivity index (χ2v) is 5.99. The third-order valence-corrected chi connectivity index (χ3v) is 3.87. The van der Waals surface area contributed by atoms with Gasteiger partial charge < -0.3 is 10.1 Å². The van der Waals surface area contributed by atoms with E-state index in [2.05, 4.69) is 15.4 Å². The third-order valence-electron chi connectivity index (χ3n) is 3.87. The summed E-state index contributed by atoms with van der Waals surface area (Å²) in [6.45, 7) is 0.930. The first-order valence-electron chi connectivity index (χ1n) is 8.34. The molecule has 0 fully saturated rings. The first-order valence-corrected chi connectivity index (χ1v) is 8.34. The van der Waals surface area contributed by atoms with Crippen LogP contribution in [0.1, 0.15) is 22.8 Å². The highest BCUT2D eigenvalue weighted by Gasteiger charge is 2.31. The van der Waals surface area contributed by atoms with Gasteiger partial charge in [-0.25, -0.2) is 9.67 Å². The molecule has 3 aromatic rings. The van der Waals surface area contributed by atoms with Crippen molar-refractivity contribution in [2.75, 3.05) is 11.9 Å². The van der Waals surface area contributed by atoms with Gasteiger partial charge in [0, 0.05) is 5.56 Å². The van der Waals surface area contributed by atoms with Crippen LogP contribution in [-0.4, -0.2) is 33.1 Å². The summed E-state index contributed by atoms with van der Waals surface area (Å²) in [5.74, 6) is -0.561. The zero-order chi connectivity index (χ0) is 21.0. The molecule has 0 saturated heterocycles. The van der Waals surface area contributed by atoms with Gasteiger partial charge in [0.25, 0.3) is 5.91 Å². The Morgan fingerprint density at radius 1 is 1.17 bits per heavy atom. The van der Waals surface area contributed by atoms with Crippen molar-refractivity contribution in [3.63, 3.8) is 0 Å². The first kappa shape index (κ1) is 20.1. The van der Waals surface area contributed by atoms with E-state index in [1.54, 1.807) is 18.2 Å². The van der Waals surface area contributed by atoms with E-state index in [0.717, 1.165) is 12.1 Å². The fourth-order valence-corrected chi connectivity index (χ4v) is 2.48. The van der Waals surface area contributed by atoms with Crippen LogP contribution in [0.4, 0.5) is 18.9 Å². The minimum atomic E-state index is -4.58. The number of Topliss-reactive ketones (excluding diaryl/α,β-unsaturated/α-hetero) is 1. The number of nitrogens with one attached hydrogen (secondary N) is 1. The molecule has 7 nitrogen and oxygen atoms in total. The van der Waals surface area contributed by atoms with Crippen LogP contribution in [0.3, 0.4) is 0 Å². The molecule has 0 aliphatic heterocycles. The SMILES string of the molecule is CC(=O)c1cccc(OCC(=O)Nc2cc(C(F)(F)F)ccc2-n2cncn2)c1. The maximum atomic E-state index is 13.1. The zero-order valence-electron chi connectivity index (χ0n) is 15.1. The minimum Gasteiger partial charge on any atom is -0.484 e. The number of nitrogens with zero attached hydrogens (tertiary/aromatic N) is 3. The number of ketones is 1. The molecule has 1 N–H and O–H groups in total. The van der Waals surface area contributed by atoms with Crippen molar-refractivity contribution in [3.8, 4) is 11.4 Å². The van der Waals surface area contributed by atoms with Gasteiger partial charge in [0.15, 0.2) is 12.4 Å². The number of halogens is 3. The Bertz CT molecular complexity index is 1030. The number of alkyl halides is 3. The van der Waals surface area contributed by atoms with Crippen LogP contribution in [-0.2, 0) is 11.0 Å². The molecule has 0 saturated carbocycles. The average molecular weight is 404 g/mol. The summed E-state index contributed by atoms with van der Waals surface area (Å²) in [6.07, 6.45) is -2.07. The Morgan fingerprint density at radius 2 is 1.97 bits per heavy atom. The summed E-state index contributed by atoms with van der Waals surface area (Å²) in [4.78, 5) is 27.4. The van der Waals surface area contributed by atoms with E-state index < -0.39 is 24.3 Å². The second-order valence-electron chi connectivity index (χ2n) is 5.99. The summed E-state index contributed by atoms with van der Waals surface area (Å²) in [5, 5.41) is 6.28. The molecule has 0 bridgehead atoms. The molecule has 0 atom stereocenters. The highest BCUT2D eigenvalue weighted by molar-refractivity contribution is 5.95. The lowest BCUT2D eigenvalue weighted by Gasteiger charge is -2.14. The minimum absolute atomic E-state index is 0.101. The van der Waals surface area contributed by atoms with E-state index in [1.165, 1.54) is 36.4 Å². The van der Waals surface area contributed by atoms with Crippen LogP contribution < -0.4 is 10.1 Å². The quantitative estimate of drug-likeness (QED) is 0.636. The maximum absolute atomic E-state index is 13.1. The first-order chi connectivity index (χ1) is 13.7. The Balaban J connectivity index is 1.78. The monoisotopic (exact) mass is 404 g/mol. The lowest BCUT2D eigenvalue weighted by molar-refractivity contribution is -0.137. The van der Waals surface area contributed by atoms with Gasteiger partial charge in [-0.05, 0) is 37.3 Å². The predicted octanol–water partition coefficient (Wildman–Crippen LogP) is 3.51. The van der Waals surface area contributed by atoms with E-state index in [4.69, 9.17) is 4.74 Å². The molecule has 2 aromatic carbocycles. The number of benzene rings is 2. The van der Waals surface area contributed by atoms with Crippen molar-refractivity contribution in [1.29, 1.82) is 0 Å². The average Bonchev–Trinajstić information content (AvgIpc) is 3.20. The molecule has 1 heterocycles. The van der Waals surface area contributed by atoms with Crippen LogP contribution in [0.5, 0.6) is 5.75 Å². The van der Waals surface area contributed by atoms with Crippen molar-refractivity contribution in [2.45, 2.75) is 13.1 Å². The van der Waals surface area contributed by atoms with E-state index >= 15 is 0 Å². The Labute approximate surface area is 163 Å². The molecule has 150 valence electrons. The molecule has 3 rings (SSSR count). The summed E-state index contributed by atoms with van der Waals surface area (Å²) in [5.41, 5.74) is -0.403. The molecule has 0 aliphatic carbocycles.